The maximum atomic E-state index is 9.90. The van der Waals surface area contributed by atoms with Gasteiger partial charge in [0.1, 0.15) is 11.4 Å². The first-order chi connectivity index (χ1) is 14.3. The zero-order chi connectivity index (χ0) is 20.1. The quantitative estimate of drug-likeness (QED) is 0.240. The number of aryl methyl sites for hydroxylation is 2. The van der Waals surface area contributed by atoms with Crippen molar-refractivity contribution < 1.29 is 10.3 Å². The van der Waals surface area contributed by atoms with Crippen LogP contribution in [0.4, 0.5) is 5.69 Å². The number of hydrogen-bond acceptors (Lipinski definition) is 6. The van der Waals surface area contributed by atoms with Crippen molar-refractivity contribution in [1.82, 2.24) is 9.97 Å². The summed E-state index contributed by atoms with van der Waals surface area (Å²) in [7, 11) is 0. The average Bonchev–Trinajstić information content (AvgIpc) is 2.74. The molecule has 0 saturated heterocycles. The molecular formula is C23H26N4O2. The summed E-state index contributed by atoms with van der Waals surface area (Å²) in [6, 6.07) is 10.1. The maximum absolute atomic E-state index is 9.90. The van der Waals surface area contributed by atoms with Crippen LogP contribution in [-0.2, 0) is 19.3 Å². The van der Waals surface area contributed by atoms with E-state index in [0.29, 0.717) is 0 Å². The van der Waals surface area contributed by atoms with Crippen LogP contribution >= 0.6 is 0 Å². The lowest BCUT2D eigenvalue weighted by Gasteiger charge is -2.21. The standard InChI is InChI=1S/C23H26N4O2/c28-22-13-16(14-25-21(22)15-26-29)7-5-6-12-24-23-17-8-1-3-10-19(17)27-20-11-4-2-9-18(20)23/h1,3,8,10,13-15,28-29H,2,4-7,9,11-12H2,(H,24,27)/b26-15+. The van der Waals surface area contributed by atoms with E-state index in [1.165, 1.54) is 35.2 Å². The van der Waals surface area contributed by atoms with Crippen molar-refractivity contribution in [3.8, 4) is 5.75 Å². The normalized spacial score (nSPS) is 13.7. The lowest BCUT2D eigenvalue weighted by molar-refractivity contribution is 0.321. The van der Waals surface area contributed by atoms with Crippen molar-refractivity contribution in [3.63, 3.8) is 0 Å². The van der Waals surface area contributed by atoms with Crippen LogP contribution in [0.5, 0.6) is 5.75 Å². The highest BCUT2D eigenvalue weighted by Crippen LogP contribution is 2.33. The Kier molecular flexibility index (Phi) is 5.89. The first-order valence-corrected chi connectivity index (χ1v) is 10.3. The van der Waals surface area contributed by atoms with E-state index in [1.807, 2.05) is 0 Å². The minimum absolute atomic E-state index is 0.0355. The summed E-state index contributed by atoms with van der Waals surface area (Å²) < 4.78 is 0. The molecule has 3 aromatic rings. The second kappa shape index (κ2) is 8.90. The molecule has 0 unspecified atom stereocenters. The fourth-order valence-electron chi connectivity index (χ4n) is 4.04. The molecule has 0 bridgehead atoms. The van der Waals surface area contributed by atoms with Crippen molar-refractivity contribution in [1.29, 1.82) is 0 Å². The van der Waals surface area contributed by atoms with E-state index in [9.17, 15) is 5.11 Å². The topological polar surface area (TPSA) is 90.6 Å². The first-order valence-electron chi connectivity index (χ1n) is 10.3. The van der Waals surface area contributed by atoms with Gasteiger partial charge in [-0.1, -0.05) is 23.4 Å². The van der Waals surface area contributed by atoms with E-state index in [4.69, 9.17) is 10.2 Å². The Morgan fingerprint density at radius 1 is 1.14 bits per heavy atom. The second-order valence-corrected chi connectivity index (χ2v) is 7.51. The molecule has 6 heteroatoms. The van der Waals surface area contributed by atoms with E-state index in [-0.39, 0.29) is 11.4 Å². The Morgan fingerprint density at radius 2 is 2.00 bits per heavy atom. The lowest BCUT2D eigenvalue weighted by Crippen LogP contribution is -2.12. The van der Waals surface area contributed by atoms with Gasteiger partial charge in [-0.15, -0.1) is 0 Å². The second-order valence-electron chi connectivity index (χ2n) is 7.51. The Hall–Kier alpha value is -3.15. The third kappa shape index (κ3) is 4.31. The highest BCUT2D eigenvalue weighted by Gasteiger charge is 2.17. The number of aromatic nitrogens is 2. The SMILES string of the molecule is O/N=C/c1ncc(CCCCNc2c3c(nc4ccccc24)CCCC3)cc1O. The Morgan fingerprint density at radius 3 is 2.86 bits per heavy atom. The number of unbranched alkanes of at least 4 members (excludes halogenated alkanes) is 1. The van der Waals surface area contributed by atoms with Crippen LogP contribution in [0.15, 0.2) is 41.7 Å². The summed E-state index contributed by atoms with van der Waals surface area (Å²) in [5, 5.41) is 26.3. The molecule has 1 aliphatic rings. The van der Waals surface area contributed by atoms with Crippen molar-refractivity contribution in [3.05, 3.63) is 59.0 Å². The Balaban J connectivity index is 1.39. The number of oxime groups is 1. The smallest absolute Gasteiger partial charge is 0.143 e. The van der Waals surface area contributed by atoms with Gasteiger partial charge in [-0.25, -0.2) is 0 Å². The van der Waals surface area contributed by atoms with E-state index in [0.717, 1.165) is 55.9 Å². The molecular weight excluding hydrogens is 364 g/mol. The van der Waals surface area contributed by atoms with Gasteiger partial charge in [0.2, 0.25) is 0 Å². The number of nitrogens with one attached hydrogen (secondary N) is 1. The molecule has 4 rings (SSSR count). The van der Waals surface area contributed by atoms with Gasteiger partial charge in [0.15, 0.2) is 0 Å². The molecule has 150 valence electrons. The molecule has 3 N–H and O–H groups in total. The minimum atomic E-state index is 0.0355. The van der Waals surface area contributed by atoms with Crippen LogP contribution in [0.3, 0.4) is 0 Å². The number of rotatable bonds is 7. The van der Waals surface area contributed by atoms with Gasteiger partial charge < -0.3 is 15.6 Å². The molecule has 2 aromatic heterocycles. The fraction of sp³-hybridized carbons (Fsp3) is 0.348. The summed E-state index contributed by atoms with van der Waals surface area (Å²) >= 11 is 0. The highest BCUT2D eigenvalue weighted by atomic mass is 16.4. The van der Waals surface area contributed by atoms with E-state index < -0.39 is 0 Å². The summed E-state index contributed by atoms with van der Waals surface area (Å²) in [4.78, 5) is 9.01. The Bertz CT molecular complexity index is 1030. The molecule has 0 spiro atoms. The molecule has 0 amide bonds. The minimum Gasteiger partial charge on any atom is -0.506 e. The molecule has 1 aliphatic carbocycles. The zero-order valence-electron chi connectivity index (χ0n) is 16.4. The number of nitrogens with zero attached hydrogens (tertiary/aromatic N) is 3. The summed E-state index contributed by atoms with van der Waals surface area (Å²) in [5.41, 5.74) is 6.23. The van der Waals surface area contributed by atoms with Crippen molar-refractivity contribution >= 4 is 22.8 Å². The summed E-state index contributed by atoms with van der Waals surface area (Å²) in [6.45, 7) is 0.898. The van der Waals surface area contributed by atoms with Crippen LogP contribution in [0.1, 0.15) is 48.2 Å². The molecule has 0 aliphatic heterocycles. The molecule has 2 heterocycles. The van der Waals surface area contributed by atoms with Crippen LogP contribution in [0.2, 0.25) is 0 Å². The van der Waals surface area contributed by atoms with Crippen molar-refractivity contribution in [2.75, 3.05) is 11.9 Å². The number of para-hydroxylation sites is 1. The predicted octanol–water partition coefficient (Wildman–Crippen LogP) is 4.46. The molecule has 6 nitrogen and oxygen atoms in total. The number of anilines is 1. The predicted molar refractivity (Wildman–Crippen MR) is 115 cm³/mol. The monoisotopic (exact) mass is 390 g/mol. The van der Waals surface area contributed by atoms with Crippen LogP contribution in [-0.4, -0.2) is 33.0 Å². The summed E-state index contributed by atoms with van der Waals surface area (Å²) in [6.07, 6.45) is 10.3. The number of pyridine rings is 2. The zero-order valence-corrected chi connectivity index (χ0v) is 16.4. The van der Waals surface area contributed by atoms with Gasteiger partial charge >= 0.3 is 0 Å². The van der Waals surface area contributed by atoms with Crippen LogP contribution < -0.4 is 5.32 Å². The van der Waals surface area contributed by atoms with Crippen molar-refractivity contribution in [2.45, 2.75) is 44.9 Å². The number of fused-ring (bicyclic) bond motifs is 2. The largest absolute Gasteiger partial charge is 0.506 e. The van der Waals surface area contributed by atoms with Gasteiger partial charge in [-0.05, 0) is 68.2 Å². The van der Waals surface area contributed by atoms with E-state index in [1.54, 1.807) is 12.3 Å². The average molecular weight is 390 g/mol. The third-order valence-corrected chi connectivity index (χ3v) is 5.50. The fourth-order valence-corrected chi connectivity index (χ4v) is 4.04. The van der Waals surface area contributed by atoms with E-state index >= 15 is 0 Å². The lowest BCUT2D eigenvalue weighted by atomic mass is 9.92. The molecule has 29 heavy (non-hydrogen) atoms. The molecule has 0 saturated carbocycles. The summed E-state index contributed by atoms with van der Waals surface area (Å²) in [5.74, 6) is 0.0355. The third-order valence-electron chi connectivity index (χ3n) is 5.50. The first kappa shape index (κ1) is 19.2. The molecule has 1 aromatic carbocycles. The van der Waals surface area contributed by atoms with Crippen molar-refractivity contribution in [2.24, 2.45) is 5.16 Å². The van der Waals surface area contributed by atoms with Gasteiger partial charge in [-0.2, -0.15) is 0 Å². The molecule has 0 radical (unpaired) electrons. The number of benzene rings is 1. The van der Waals surface area contributed by atoms with E-state index in [2.05, 4.69) is 39.7 Å². The maximum Gasteiger partial charge on any atom is 0.143 e. The van der Waals surface area contributed by atoms with Crippen LogP contribution in [0, 0.1) is 0 Å². The Labute approximate surface area is 170 Å². The number of hydrogen-bond donors (Lipinski definition) is 3. The van der Waals surface area contributed by atoms with Gasteiger partial charge in [-0.3, -0.25) is 9.97 Å². The van der Waals surface area contributed by atoms with Gasteiger partial charge in [0.25, 0.3) is 0 Å². The molecule has 0 atom stereocenters. The van der Waals surface area contributed by atoms with Crippen LogP contribution in [0.25, 0.3) is 10.9 Å². The highest BCUT2D eigenvalue weighted by molar-refractivity contribution is 5.93. The number of aromatic hydroxyl groups is 1. The van der Waals surface area contributed by atoms with Gasteiger partial charge in [0, 0.05) is 29.5 Å². The van der Waals surface area contributed by atoms with Gasteiger partial charge in [0.05, 0.1) is 11.7 Å². The molecule has 0 fully saturated rings.